The van der Waals surface area contributed by atoms with Gasteiger partial charge in [0.25, 0.3) is 0 Å². The van der Waals surface area contributed by atoms with Gasteiger partial charge in [-0.15, -0.1) is 76.4 Å². The molecule has 0 spiro atoms. The van der Waals surface area contributed by atoms with Crippen LogP contribution in [-0.2, 0) is 20.1 Å². The normalized spacial score (nSPS) is 10.9. The molecule has 0 saturated carbocycles. The first-order chi connectivity index (χ1) is 15.8. The van der Waals surface area contributed by atoms with Gasteiger partial charge < -0.3 is 9.97 Å². The van der Waals surface area contributed by atoms with Gasteiger partial charge in [-0.05, 0) is 40.2 Å². The molecule has 1 radical (unpaired) electrons. The number of hydrogen-bond acceptors (Lipinski definition) is 3. The fourth-order valence-corrected chi connectivity index (χ4v) is 5.39. The molecule has 0 unspecified atom stereocenters. The van der Waals surface area contributed by atoms with E-state index in [4.69, 9.17) is 0 Å². The van der Waals surface area contributed by atoms with Crippen LogP contribution in [0.5, 0.6) is 0 Å². The number of aryl methyl sites for hydroxylation is 1. The summed E-state index contributed by atoms with van der Waals surface area (Å²) in [5.74, 6) is 0. The van der Waals surface area contributed by atoms with Crippen molar-refractivity contribution in [2.75, 3.05) is 0 Å². The van der Waals surface area contributed by atoms with Gasteiger partial charge in [0.15, 0.2) is 0 Å². The van der Waals surface area contributed by atoms with Crippen molar-refractivity contribution in [3.63, 3.8) is 0 Å². The van der Waals surface area contributed by atoms with Crippen LogP contribution in [0.2, 0.25) is 0 Å². The van der Waals surface area contributed by atoms with Crippen molar-refractivity contribution in [1.82, 2.24) is 9.97 Å². The number of thiophene rings is 1. The largest absolute Gasteiger partial charge is 0.305 e. The second kappa shape index (κ2) is 8.99. The zero-order valence-corrected chi connectivity index (χ0v) is 21.0. The van der Waals surface area contributed by atoms with Gasteiger partial charge in [-0.1, -0.05) is 42.0 Å². The second-order valence-electron chi connectivity index (χ2n) is 7.73. The van der Waals surface area contributed by atoms with Gasteiger partial charge in [0.05, 0.1) is 0 Å². The predicted molar refractivity (Wildman–Crippen MR) is 135 cm³/mol. The summed E-state index contributed by atoms with van der Waals surface area (Å²) in [6, 6.07) is 33.3. The molecular formula is C29H18IrN2S-2. The van der Waals surface area contributed by atoms with Crippen LogP contribution in [0.15, 0.2) is 91.3 Å². The third kappa shape index (κ3) is 3.81. The third-order valence-corrected chi connectivity index (χ3v) is 6.80. The first kappa shape index (κ1) is 21.7. The molecule has 0 amide bonds. The van der Waals surface area contributed by atoms with Crippen LogP contribution in [0, 0.1) is 19.1 Å². The maximum Gasteiger partial charge on any atom is 0.0345 e. The Kier molecular flexibility index (Phi) is 5.90. The van der Waals surface area contributed by atoms with Crippen LogP contribution >= 0.6 is 11.3 Å². The van der Waals surface area contributed by atoms with Crippen molar-refractivity contribution in [3.05, 3.63) is 109 Å². The number of hydrogen-bond donors (Lipinski definition) is 0. The standard InChI is InChI=1S/C18H10NS.C11H8N.Ir/c1-10-5-6-11-12-3-2-4-14-16(12)17-15(20-14)7-8-19-18(17)13(11)9-10;1-2-6-10(7-3-1)11-8-4-5-9-12-11;/h2-8H,1H3;1-6,8-9H;/q2*-1;. The van der Waals surface area contributed by atoms with Gasteiger partial charge in [-0.3, -0.25) is 0 Å². The molecule has 0 atom stereocenters. The van der Waals surface area contributed by atoms with Crippen LogP contribution in [0.25, 0.3) is 53.1 Å². The predicted octanol–water partition coefficient (Wildman–Crippen LogP) is 7.85. The Morgan fingerprint density at radius 3 is 2.42 bits per heavy atom. The van der Waals surface area contributed by atoms with Gasteiger partial charge >= 0.3 is 0 Å². The Hall–Kier alpha value is -3.17. The molecule has 4 aromatic carbocycles. The van der Waals surface area contributed by atoms with Crippen molar-refractivity contribution in [2.24, 2.45) is 0 Å². The topological polar surface area (TPSA) is 25.8 Å². The van der Waals surface area contributed by atoms with Crippen molar-refractivity contribution in [3.8, 4) is 11.3 Å². The van der Waals surface area contributed by atoms with Crippen molar-refractivity contribution in [1.29, 1.82) is 0 Å². The summed E-state index contributed by atoms with van der Waals surface area (Å²) in [5, 5.41) is 6.39. The van der Waals surface area contributed by atoms with Gasteiger partial charge in [-0.2, -0.15) is 0 Å². The van der Waals surface area contributed by atoms with E-state index >= 15 is 0 Å². The molecule has 7 aromatic rings. The summed E-state index contributed by atoms with van der Waals surface area (Å²) in [4.78, 5) is 8.87. The van der Waals surface area contributed by atoms with Crippen LogP contribution in [-0.4, -0.2) is 9.97 Å². The maximum absolute atomic E-state index is 4.65. The molecule has 0 bridgehead atoms. The zero-order chi connectivity index (χ0) is 21.5. The van der Waals surface area contributed by atoms with Crippen LogP contribution in [0.3, 0.4) is 0 Å². The number of aromatic nitrogens is 2. The van der Waals surface area contributed by atoms with E-state index in [0.29, 0.717) is 0 Å². The minimum absolute atomic E-state index is 0. The Bertz CT molecular complexity index is 1640. The average molecular weight is 619 g/mol. The average Bonchev–Trinajstić information content (AvgIpc) is 3.24. The summed E-state index contributed by atoms with van der Waals surface area (Å²) in [5.41, 5.74) is 4.26. The smallest absolute Gasteiger partial charge is 0.0345 e. The van der Waals surface area contributed by atoms with Gasteiger partial charge in [-0.25, -0.2) is 0 Å². The van der Waals surface area contributed by atoms with E-state index in [9.17, 15) is 0 Å². The Morgan fingerprint density at radius 2 is 1.61 bits per heavy atom. The third-order valence-electron chi connectivity index (χ3n) is 5.68. The number of rotatable bonds is 1. The van der Waals surface area contributed by atoms with Gasteiger partial charge in [0, 0.05) is 41.9 Å². The molecule has 0 aliphatic heterocycles. The van der Waals surface area contributed by atoms with E-state index in [1.807, 2.05) is 60.0 Å². The Balaban J connectivity index is 0.000000152. The SMILES string of the molecule is Cc1[c-]c2c(cc1)c1cccc3sc4ccnc2c4c31.[Ir].[c-]1ccccc1-c1ccccn1. The number of benzene rings is 4. The summed E-state index contributed by atoms with van der Waals surface area (Å²) in [6.45, 7) is 2.09. The molecule has 0 N–H and O–H groups in total. The monoisotopic (exact) mass is 619 g/mol. The minimum atomic E-state index is 0. The molecule has 7 rings (SSSR count). The van der Waals surface area contributed by atoms with Gasteiger partial charge in [0.2, 0.25) is 0 Å². The zero-order valence-electron chi connectivity index (χ0n) is 17.8. The molecule has 0 fully saturated rings. The quantitative estimate of drug-likeness (QED) is 0.138. The first-order valence-electron chi connectivity index (χ1n) is 10.5. The fourth-order valence-electron chi connectivity index (χ4n) is 4.26. The summed E-state index contributed by atoms with van der Waals surface area (Å²) in [6.07, 6.45) is 3.70. The molecule has 33 heavy (non-hydrogen) atoms. The van der Waals surface area contributed by atoms with Crippen LogP contribution in [0.4, 0.5) is 0 Å². The van der Waals surface area contributed by atoms with E-state index in [1.54, 1.807) is 6.20 Å². The molecule has 161 valence electrons. The molecule has 4 heteroatoms. The van der Waals surface area contributed by atoms with E-state index < -0.39 is 0 Å². The summed E-state index contributed by atoms with van der Waals surface area (Å²) in [7, 11) is 0. The second-order valence-corrected chi connectivity index (χ2v) is 8.82. The molecule has 2 nitrogen and oxygen atoms in total. The van der Waals surface area contributed by atoms with Crippen molar-refractivity contribution in [2.45, 2.75) is 6.92 Å². The number of pyridine rings is 2. The van der Waals surface area contributed by atoms with Crippen molar-refractivity contribution >= 4 is 53.2 Å². The van der Waals surface area contributed by atoms with E-state index in [2.05, 4.69) is 65.4 Å². The van der Waals surface area contributed by atoms with Crippen LogP contribution in [0.1, 0.15) is 5.56 Å². The molecule has 0 saturated heterocycles. The fraction of sp³-hybridized carbons (Fsp3) is 0.0345. The van der Waals surface area contributed by atoms with E-state index in [-0.39, 0.29) is 20.1 Å². The molecule has 3 heterocycles. The Labute approximate surface area is 209 Å². The first-order valence-corrected chi connectivity index (χ1v) is 11.3. The molecule has 0 aliphatic carbocycles. The number of nitrogens with zero attached hydrogens (tertiary/aromatic N) is 2. The number of fused-ring (bicyclic) bond motifs is 3. The van der Waals surface area contributed by atoms with E-state index in [0.717, 1.165) is 27.7 Å². The molecule has 0 aliphatic rings. The van der Waals surface area contributed by atoms with Crippen molar-refractivity contribution < 1.29 is 20.1 Å². The summed E-state index contributed by atoms with van der Waals surface area (Å²) < 4.78 is 2.66. The molecular weight excluding hydrogens is 601 g/mol. The van der Waals surface area contributed by atoms with Gasteiger partial charge in [0.1, 0.15) is 0 Å². The summed E-state index contributed by atoms with van der Waals surface area (Å²) >= 11 is 1.85. The Morgan fingerprint density at radius 1 is 0.727 bits per heavy atom. The minimum Gasteiger partial charge on any atom is -0.305 e. The maximum atomic E-state index is 4.65. The van der Waals surface area contributed by atoms with Crippen LogP contribution < -0.4 is 0 Å². The van der Waals surface area contributed by atoms with E-state index in [1.165, 1.54) is 30.9 Å². The molecule has 3 aromatic heterocycles.